The van der Waals surface area contributed by atoms with Crippen LogP contribution in [0.1, 0.15) is 21.7 Å². The zero-order chi connectivity index (χ0) is 14.0. The minimum absolute atomic E-state index is 0.0219. The summed E-state index contributed by atoms with van der Waals surface area (Å²) in [5.41, 5.74) is 13.1. The van der Waals surface area contributed by atoms with Crippen molar-refractivity contribution in [1.29, 1.82) is 0 Å². The van der Waals surface area contributed by atoms with E-state index < -0.39 is 5.91 Å². The maximum Gasteiger partial charge on any atom is 0.269 e. The van der Waals surface area contributed by atoms with Gasteiger partial charge < -0.3 is 11.5 Å². The highest BCUT2D eigenvalue weighted by atomic mass is 16.1. The lowest BCUT2D eigenvalue weighted by molar-refractivity contribution is 0.0996. The molecule has 0 saturated heterocycles. The molecule has 1 amide bonds. The average Bonchev–Trinajstić information content (AvgIpc) is 2.41. The Morgan fingerprint density at radius 3 is 2.74 bits per heavy atom. The molecule has 0 atom stereocenters. The number of terminal acetylenes is 1. The van der Waals surface area contributed by atoms with Crippen LogP contribution in [0.4, 0.5) is 5.69 Å². The molecule has 4 N–H and O–H groups in total. The first-order chi connectivity index (χ1) is 9.02. The lowest BCUT2D eigenvalue weighted by Crippen LogP contribution is -2.17. The molecule has 2 rings (SSSR count). The molecule has 5 nitrogen and oxygen atoms in total. The quantitative estimate of drug-likeness (QED) is 0.783. The second-order valence-electron chi connectivity index (χ2n) is 3.98. The molecule has 1 aromatic heterocycles. The first-order valence-corrected chi connectivity index (χ1v) is 5.54. The molecule has 0 spiro atoms. The predicted molar refractivity (Wildman–Crippen MR) is 73.1 cm³/mol. The Bertz CT molecular complexity index is 701. The molecule has 0 aliphatic rings. The van der Waals surface area contributed by atoms with Crippen molar-refractivity contribution in [2.75, 3.05) is 5.73 Å². The van der Waals surface area contributed by atoms with Gasteiger partial charge in [0.2, 0.25) is 0 Å². The zero-order valence-corrected chi connectivity index (χ0v) is 10.3. The maximum absolute atomic E-state index is 11.3. The van der Waals surface area contributed by atoms with Crippen LogP contribution in [0, 0.1) is 19.3 Å². The van der Waals surface area contributed by atoms with E-state index in [0.29, 0.717) is 22.6 Å². The van der Waals surface area contributed by atoms with E-state index in [0.717, 1.165) is 0 Å². The van der Waals surface area contributed by atoms with Crippen molar-refractivity contribution in [3.63, 3.8) is 0 Å². The van der Waals surface area contributed by atoms with Gasteiger partial charge in [0.25, 0.3) is 5.91 Å². The van der Waals surface area contributed by atoms with E-state index in [-0.39, 0.29) is 11.4 Å². The molecular weight excluding hydrogens is 240 g/mol. The molecule has 2 aromatic rings. The number of hydrogen-bond donors (Lipinski definition) is 2. The second kappa shape index (κ2) is 4.78. The van der Waals surface area contributed by atoms with Crippen molar-refractivity contribution in [3.05, 3.63) is 41.2 Å². The third kappa shape index (κ3) is 2.38. The van der Waals surface area contributed by atoms with Crippen LogP contribution in [0.3, 0.4) is 0 Å². The summed E-state index contributed by atoms with van der Waals surface area (Å²) in [4.78, 5) is 19.6. The SMILES string of the molecule is C#Cc1cccc(-c2nc(C)c(N)c(C(N)=O)n2)c1. The Labute approximate surface area is 110 Å². The molecule has 19 heavy (non-hydrogen) atoms. The van der Waals surface area contributed by atoms with E-state index in [1.807, 2.05) is 0 Å². The van der Waals surface area contributed by atoms with E-state index in [1.165, 1.54) is 0 Å². The van der Waals surface area contributed by atoms with Gasteiger partial charge in [-0.3, -0.25) is 4.79 Å². The fourth-order valence-electron chi connectivity index (χ4n) is 1.65. The summed E-state index contributed by atoms with van der Waals surface area (Å²) >= 11 is 0. The summed E-state index contributed by atoms with van der Waals surface area (Å²) in [6.07, 6.45) is 5.34. The number of rotatable bonds is 2. The third-order valence-electron chi connectivity index (χ3n) is 2.66. The van der Waals surface area contributed by atoms with Gasteiger partial charge in [0, 0.05) is 11.1 Å². The number of aryl methyl sites for hydroxylation is 1. The highest BCUT2D eigenvalue weighted by Gasteiger charge is 2.14. The smallest absolute Gasteiger partial charge is 0.269 e. The number of hydrogen-bond acceptors (Lipinski definition) is 4. The summed E-state index contributed by atoms with van der Waals surface area (Å²) in [5.74, 6) is 2.22. The molecule has 5 heteroatoms. The van der Waals surface area contributed by atoms with Gasteiger partial charge in [-0.05, 0) is 19.1 Å². The van der Waals surface area contributed by atoms with Crippen LogP contribution < -0.4 is 11.5 Å². The molecule has 0 aliphatic carbocycles. The van der Waals surface area contributed by atoms with E-state index in [9.17, 15) is 4.79 Å². The van der Waals surface area contributed by atoms with Crippen LogP contribution in [-0.2, 0) is 0 Å². The Kier molecular flexibility index (Phi) is 3.17. The number of aromatic nitrogens is 2. The molecule has 1 heterocycles. The zero-order valence-electron chi connectivity index (χ0n) is 10.3. The standard InChI is InChI=1S/C14H12N4O/c1-3-9-5-4-6-10(7-9)14-17-8(2)11(15)12(18-14)13(16)19/h1,4-7H,15H2,2H3,(H2,16,19). The number of carbonyl (C=O) groups is 1. The van der Waals surface area contributed by atoms with Gasteiger partial charge in [0.1, 0.15) is 0 Å². The Morgan fingerprint density at radius 1 is 1.37 bits per heavy atom. The molecule has 0 bridgehead atoms. The molecule has 0 radical (unpaired) electrons. The molecule has 0 unspecified atom stereocenters. The van der Waals surface area contributed by atoms with Crippen LogP contribution in [0.25, 0.3) is 11.4 Å². The van der Waals surface area contributed by atoms with Crippen molar-refractivity contribution in [3.8, 4) is 23.7 Å². The Balaban J connectivity index is 2.63. The number of amides is 1. The first-order valence-electron chi connectivity index (χ1n) is 5.54. The third-order valence-corrected chi connectivity index (χ3v) is 2.66. The van der Waals surface area contributed by atoms with E-state index in [1.54, 1.807) is 31.2 Å². The van der Waals surface area contributed by atoms with Gasteiger partial charge in [-0.15, -0.1) is 6.42 Å². The molecule has 0 aliphatic heterocycles. The lowest BCUT2D eigenvalue weighted by atomic mass is 10.1. The van der Waals surface area contributed by atoms with Crippen LogP contribution in [0.5, 0.6) is 0 Å². The summed E-state index contributed by atoms with van der Waals surface area (Å²) in [6.45, 7) is 1.69. The van der Waals surface area contributed by atoms with Gasteiger partial charge in [-0.2, -0.15) is 0 Å². The summed E-state index contributed by atoms with van der Waals surface area (Å²) in [7, 11) is 0. The number of primary amides is 1. The number of nitrogens with zero attached hydrogens (tertiary/aromatic N) is 2. The van der Waals surface area contributed by atoms with Gasteiger partial charge in [-0.1, -0.05) is 18.1 Å². The second-order valence-corrected chi connectivity index (χ2v) is 3.98. The first kappa shape index (κ1) is 12.6. The molecular formula is C14H12N4O. The summed E-state index contributed by atoms with van der Waals surface area (Å²) in [6, 6.07) is 7.15. The van der Waals surface area contributed by atoms with Gasteiger partial charge >= 0.3 is 0 Å². The van der Waals surface area contributed by atoms with Crippen LogP contribution in [0.15, 0.2) is 24.3 Å². The number of carbonyl (C=O) groups excluding carboxylic acids is 1. The van der Waals surface area contributed by atoms with Gasteiger partial charge in [-0.25, -0.2) is 9.97 Å². The fraction of sp³-hybridized carbons (Fsp3) is 0.0714. The fourth-order valence-corrected chi connectivity index (χ4v) is 1.65. The molecule has 1 aromatic carbocycles. The van der Waals surface area contributed by atoms with E-state index in [2.05, 4.69) is 15.9 Å². The average molecular weight is 252 g/mol. The number of anilines is 1. The van der Waals surface area contributed by atoms with Gasteiger partial charge in [0.15, 0.2) is 11.5 Å². The van der Waals surface area contributed by atoms with E-state index in [4.69, 9.17) is 17.9 Å². The minimum Gasteiger partial charge on any atom is -0.395 e. The highest BCUT2D eigenvalue weighted by molar-refractivity contribution is 5.96. The topological polar surface area (TPSA) is 94.9 Å². The van der Waals surface area contributed by atoms with Crippen molar-refractivity contribution in [2.24, 2.45) is 5.73 Å². The normalized spacial score (nSPS) is 9.89. The largest absolute Gasteiger partial charge is 0.395 e. The molecule has 0 fully saturated rings. The van der Waals surface area contributed by atoms with Crippen LogP contribution in [0.2, 0.25) is 0 Å². The lowest BCUT2D eigenvalue weighted by Gasteiger charge is -2.08. The predicted octanol–water partition coefficient (Wildman–Crippen LogP) is 1.11. The highest BCUT2D eigenvalue weighted by Crippen LogP contribution is 2.21. The van der Waals surface area contributed by atoms with E-state index >= 15 is 0 Å². The summed E-state index contributed by atoms with van der Waals surface area (Å²) in [5, 5.41) is 0. The Morgan fingerprint density at radius 2 is 2.11 bits per heavy atom. The number of nitrogens with two attached hydrogens (primary N) is 2. The van der Waals surface area contributed by atoms with Crippen molar-refractivity contribution in [2.45, 2.75) is 6.92 Å². The van der Waals surface area contributed by atoms with Crippen LogP contribution >= 0.6 is 0 Å². The summed E-state index contributed by atoms with van der Waals surface area (Å²) < 4.78 is 0. The van der Waals surface area contributed by atoms with Gasteiger partial charge in [0.05, 0.1) is 11.4 Å². The van der Waals surface area contributed by atoms with Crippen molar-refractivity contribution < 1.29 is 4.79 Å². The Hall–Kier alpha value is -2.87. The number of nitrogen functional groups attached to an aromatic ring is 1. The van der Waals surface area contributed by atoms with Crippen molar-refractivity contribution in [1.82, 2.24) is 9.97 Å². The molecule has 94 valence electrons. The monoisotopic (exact) mass is 252 g/mol. The minimum atomic E-state index is -0.683. The number of benzene rings is 1. The maximum atomic E-state index is 11.3. The van der Waals surface area contributed by atoms with Crippen molar-refractivity contribution >= 4 is 11.6 Å². The molecule has 0 saturated carbocycles. The van der Waals surface area contributed by atoms with Crippen LogP contribution in [-0.4, -0.2) is 15.9 Å².